The molecule has 0 aromatic carbocycles. The molecule has 0 saturated heterocycles. The first-order valence-electron chi connectivity index (χ1n) is 6.74. The van der Waals surface area contributed by atoms with Crippen molar-refractivity contribution in [1.29, 1.82) is 0 Å². The van der Waals surface area contributed by atoms with Gasteiger partial charge in [-0.25, -0.2) is 9.78 Å². The predicted molar refractivity (Wildman–Crippen MR) is 72.3 cm³/mol. The van der Waals surface area contributed by atoms with Gasteiger partial charge in [-0.1, -0.05) is 19.3 Å². The van der Waals surface area contributed by atoms with Crippen LogP contribution in [0, 0.1) is 0 Å². The summed E-state index contributed by atoms with van der Waals surface area (Å²) < 4.78 is 4.60. The number of aryl methyl sites for hydroxylation is 2. The third-order valence-corrected chi connectivity index (χ3v) is 4.09. The average Bonchev–Trinajstić information content (AvgIpc) is 2.80. The number of aromatic nitrogens is 4. The smallest absolute Gasteiger partial charge is 0.328 e. The van der Waals surface area contributed by atoms with E-state index < -0.39 is 0 Å². The molecule has 6 nitrogen and oxygen atoms in total. The van der Waals surface area contributed by atoms with E-state index in [-0.39, 0.29) is 17.3 Å². The van der Waals surface area contributed by atoms with E-state index in [0.717, 1.165) is 25.7 Å². The van der Waals surface area contributed by atoms with Crippen LogP contribution in [-0.2, 0) is 14.1 Å². The SMILES string of the molecule is Cn1cnc2c1c(=O)n(C1CCCCC1)c(=O)n2C. The van der Waals surface area contributed by atoms with Crippen molar-refractivity contribution in [3.63, 3.8) is 0 Å². The quantitative estimate of drug-likeness (QED) is 0.768. The van der Waals surface area contributed by atoms with E-state index in [9.17, 15) is 9.59 Å². The summed E-state index contributed by atoms with van der Waals surface area (Å²) in [6.45, 7) is 0. The molecular formula is C13H18N4O2. The maximum atomic E-state index is 12.6. The summed E-state index contributed by atoms with van der Waals surface area (Å²) in [5, 5.41) is 0. The first kappa shape index (κ1) is 12.2. The standard InChI is InChI=1S/C13H18N4O2/c1-15-8-14-11-10(15)12(18)17(13(19)16(11)2)9-6-4-3-5-7-9/h8-9H,3-7H2,1-2H3. The summed E-state index contributed by atoms with van der Waals surface area (Å²) in [7, 11) is 3.46. The summed E-state index contributed by atoms with van der Waals surface area (Å²) >= 11 is 0. The highest BCUT2D eigenvalue weighted by atomic mass is 16.2. The fourth-order valence-electron chi connectivity index (χ4n) is 3.02. The van der Waals surface area contributed by atoms with Crippen LogP contribution in [0.1, 0.15) is 38.1 Å². The lowest BCUT2D eigenvalue weighted by Gasteiger charge is -2.23. The highest BCUT2D eigenvalue weighted by Gasteiger charge is 2.22. The lowest BCUT2D eigenvalue weighted by Crippen LogP contribution is -2.42. The van der Waals surface area contributed by atoms with Crippen LogP contribution in [0.5, 0.6) is 0 Å². The van der Waals surface area contributed by atoms with Gasteiger partial charge >= 0.3 is 5.69 Å². The zero-order valence-electron chi connectivity index (χ0n) is 11.3. The zero-order valence-corrected chi connectivity index (χ0v) is 11.3. The number of hydrogen-bond donors (Lipinski definition) is 0. The fraction of sp³-hybridized carbons (Fsp3) is 0.615. The van der Waals surface area contributed by atoms with Gasteiger partial charge in [-0.15, -0.1) is 0 Å². The molecule has 1 fully saturated rings. The molecule has 2 heterocycles. The van der Waals surface area contributed by atoms with Gasteiger partial charge in [0.15, 0.2) is 11.2 Å². The maximum absolute atomic E-state index is 12.6. The highest BCUT2D eigenvalue weighted by Crippen LogP contribution is 2.26. The second kappa shape index (κ2) is 4.36. The van der Waals surface area contributed by atoms with Crippen LogP contribution < -0.4 is 11.2 Å². The van der Waals surface area contributed by atoms with Crippen molar-refractivity contribution in [2.75, 3.05) is 0 Å². The van der Waals surface area contributed by atoms with Crippen molar-refractivity contribution in [1.82, 2.24) is 18.7 Å². The topological polar surface area (TPSA) is 61.8 Å². The highest BCUT2D eigenvalue weighted by molar-refractivity contribution is 5.69. The Hall–Kier alpha value is -1.85. The minimum atomic E-state index is -0.247. The van der Waals surface area contributed by atoms with Crippen LogP contribution in [0.25, 0.3) is 11.2 Å². The number of fused-ring (bicyclic) bond motifs is 1. The van der Waals surface area contributed by atoms with E-state index >= 15 is 0 Å². The maximum Gasteiger partial charge on any atom is 0.332 e. The lowest BCUT2D eigenvalue weighted by atomic mass is 9.95. The Morgan fingerprint density at radius 3 is 2.53 bits per heavy atom. The van der Waals surface area contributed by atoms with Crippen molar-refractivity contribution in [2.24, 2.45) is 14.1 Å². The Labute approximate surface area is 110 Å². The Morgan fingerprint density at radius 1 is 1.16 bits per heavy atom. The predicted octanol–water partition coefficient (Wildman–Crippen LogP) is 0.939. The molecule has 102 valence electrons. The van der Waals surface area contributed by atoms with Crippen LogP contribution in [0.2, 0.25) is 0 Å². The molecule has 0 bridgehead atoms. The first-order valence-corrected chi connectivity index (χ1v) is 6.74. The second-order valence-electron chi connectivity index (χ2n) is 5.34. The minimum absolute atomic E-state index is 0.0410. The molecule has 1 aliphatic rings. The first-order chi connectivity index (χ1) is 9.11. The summed E-state index contributed by atoms with van der Waals surface area (Å²) in [4.78, 5) is 29.1. The van der Waals surface area contributed by atoms with Crippen LogP contribution >= 0.6 is 0 Å². The fourth-order valence-corrected chi connectivity index (χ4v) is 3.02. The molecule has 0 spiro atoms. The molecule has 0 radical (unpaired) electrons. The minimum Gasteiger partial charge on any atom is -0.328 e. The van der Waals surface area contributed by atoms with Crippen molar-refractivity contribution < 1.29 is 0 Å². The van der Waals surface area contributed by atoms with E-state index in [0.29, 0.717) is 11.2 Å². The Morgan fingerprint density at radius 2 is 1.84 bits per heavy atom. The molecule has 0 aliphatic heterocycles. The Kier molecular flexibility index (Phi) is 2.80. The van der Waals surface area contributed by atoms with Gasteiger partial charge in [-0.3, -0.25) is 13.9 Å². The lowest BCUT2D eigenvalue weighted by molar-refractivity contribution is 0.333. The summed E-state index contributed by atoms with van der Waals surface area (Å²) in [5.74, 6) is 0. The zero-order chi connectivity index (χ0) is 13.6. The van der Waals surface area contributed by atoms with Crippen LogP contribution in [0.4, 0.5) is 0 Å². The molecule has 0 atom stereocenters. The molecule has 0 amide bonds. The number of imidazole rings is 1. The van der Waals surface area contributed by atoms with Crippen molar-refractivity contribution in [3.8, 4) is 0 Å². The normalized spacial score (nSPS) is 17.2. The summed E-state index contributed by atoms with van der Waals surface area (Å²) in [6.07, 6.45) is 6.78. The van der Waals surface area contributed by atoms with Gasteiger partial charge in [0, 0.05) is 20.1 Å². The number of rotatable bonds is 1. The molecule has 19 heavy (non-hydrogen) atoms. The molecule has 0 unspecified atom stereocenters. The van der Waals surface area contributed by atoms with Crippen molar-refractivity contribution in [3.05, 3.63) is 27.2 Å². The second-order valence-corrected chi connectivity index (χ2v) is 5.34. The molecule has 1 saturated carbocycles. The van der Waals surface area contributed by atoms with Gasteiger partial charge in [0.05, 0.1) is 6.33 Å². The number of hydrogen-bond acceptors (Lipinski definition) is 3. The molecule has 1 aliphatic carbocycles. The van der Waals surface area contributed by atoms with Crippen LogP contribution in [0.15, 0.2) is 15.9 Å². The van der Waals surface area contributed by atoms with Crippen LogP contribution in [-0.4, -0.2) is 18.7 Å². The van der Waals surface area contributed by atoms with E-state index in [1.54, 1.807) is 25.0 Å². The average molecular weight is 262 g/mol. The Balaban J connectivity index is 2.32. The molecular weight excluding hydrogens is 244 g/mol. The molecule has 2 aromatic rings. The van der Waals surface area contributed by atoms with Gasteiger partial charge in [-0.2, -0.15) is 0 Å². The summed E-state index contributed by atoms with van der Waals surface area (Å²) in [5.41, 5.74) is 0.519. The molecule has 3 rings (SSSR count). The van der Waals surface area contributed by atoms with E-state index in [4.69, 9.17) is 0 Å². The van der Waals surface area contributed by atoms with Gasteiger partial charge < -0.3 is 4.57 Å². The van der Waals surface area contributed by atoms with Gasteiger partial charge in [0.25, 0.3) is 5.56 Å². The third kappa shape index (κ3) is 1.74. The largest absolute Gasteiger partial charge is 0.332 e. The van der Waals surface area contributed by atoms with E-state index in [1.165, 1.54) is 15.6 Å². The number of nitrogens with zero attached hydrogens (tertiary/aromatic N) is 4. The van der Waals surface area contributed by atoms with Crippen molar-refractivity contribution in [2.45, 2.75) is 38.1 Å². The van der Waals surface area contributed by atoms with Gasteiger partial charge in [0.2, 0.25) is 0 Å². The summed E-state index contributed by atoms with van der Waals surface area (Å²) in [6, 6.07) is 0.0410. The molecule has 0 N–H and O–H groups in total. The van der Waals surface area contributed by atoms with Gasteiger partial charge in [-0.05, 0) is 12.8 Å². The van der Waals surface area contributed by atoms with E-state index in [1.807, 2.05) is 0 Å². The van der Waals surface area contributed by atoms with Crippen LogP contribution in [0.3, 0.4) is 0 Å². The third-order valence-electron chi connectivity index (χ3n) is 4.09. The van der Waals surface area contributed by atoms with Gasteiger partial charge in [0.1, 0.15) is 0 Å². The molecule has 6 heteroatoms. The molecule has 2 aromatic heterocycles. The van der Waals surface area contributed by atoms with E-state index in [2.05, 4.69) is 4.98 Å². The van der Waals surface area contributed by atoms with Crippen molar-refractivity contribution >= 4 is 11.2 Å². The Bertz CT molecular complexity index is 731. The monoisotopic (exact) mass is 262 g/mol.